The van der Waals surface area contributed by atoms with Gasteiger partial charge in [0.05, 0.1) is 18.5 Å². The molecule has 0 bridgehead atoms. The fourth-order valence-corrected chi connectivity index (χ4v) is 3.41. The van der Waals surface area contributed by atoms with Gasteiger partial charge in [0.15, 0.2) is 11.6 Å². The molecule has 0 aliphatic carbocycles. The molecule has 3 rings (SSSR count). The molecule has 126 valence electrons. The van der Waals surface area contributed by atoms with Crippen molar-refractivity contribution in [1.29, 1.82) is 0 Å². The van der Waals surface area contributed by atoms with Gasteiger partial charge in [-0.2, -0.15) is 0 Å². The molecule has 0 N–H and O–H groups in total. The van der Waals surface area contributed by atoms with Crippen LogP contribution < -0.4 is 4.74 Å². The zero-order chi connectivity index (χ0) is 17.1. The summed E-state index contributed by atoms with van der Waals surface area (Å²) in [6, 6.07) is 8.80. The van der Waals surface area contributed by atoms with E-state index in [2.05, 4.69) is 0 Å². The molecule has 2 heterocycles. The third-order valence-corrected chi connectivity index (χ3v) is 4.72. The van der Waals surface area contributed by atoms with E-state index < -0.39 is 23.9 Å². The number of benzene rings is 1. The van der Waals surface area contributed by atoms with Crippen molar-refractivity contribution in [3.05, 3.63) is 52.5 Å². The number of esters is 1. The van der Waals surface area contributed by atoms with Crippen LogP contribution in [0.5, 0.6) is 5.75 Å². The number of hydrogen-bond acceptors (Lipinski definition) is 5. The predicted molar refractivity (Wildman–Crippen MR) is 86.6 cm³/mol. The summed E-state index contributed by atoms with van der Waals surface area (Å²) in [4.78, 5) is 26.6. The van der Waals surface area contributed by atoms with Crippen molar-refractivity contribution in [3.8, 4) is 5.75 Å². The fraction of sp³-hybridized carbons (Fsp3) is 0.294. The van der Waals surface area contributed by atoms with E-state index in [4.69, 9.17) is 9.47 Å². The van der Waals surface area contributed by atoms with Crippen LogP contribution in [0.2, 0.25) is 0 Å². The number of rotatable bonds is 4. The topological polar surface area (TPSA) is 55.8 Å². The van der Waals surface area contributed by atoms with E-state index in [1.54, 1.807) is 29.6 Å². The summed E-state index contributed by atoms with van der Waals surface area (Å²) >= 11 is 1.30. The Kier molecular flexibility index (Phi) is 4.80. The first-order valence-electron chi connectivity index (χ1n) is 7.43. The van der Waals surface area contributed by atoms with E-state index in [-0.39, 0.29) is 24.6 Å². The number of thiophene rings is 1. The molecule has 1 aliphatic heterocycles. The molecule has 0 radical (unpaired) electrons. The summed E-state index contributed by atoms with van der Waals surface area (Å²) in [6.07, 6.45) is -0.215. The minimum Gasteiger partial charge on any atom is -0.485 e. The molecule has 0 spiro atoms. The average molecular weight is 349 g/mol. The fourth-order valence-electron chi connectivity index (χ4n) is 2.73. The van der Waals surface area contributed by atoms with Crippen LogP contribution in [0, 0.1) is 5.82 Å². The molecule has 24 heavy (non-hydrogen) atoms. The van der Waals surface area contributed by atoms with Gasteiger partial charge in [0.1, 0.15) is 12.1 Å². The smallest absolute Gasteiger partial charge is 0.328 e. The summed E-state index contributed by atoms with van der Waals surface area (Å²) < 4.78 is 24.2. The first kappa shape index (κ1) is 16.4. The number of amides is 1. The van der Waals surface area contributed by atoms with Crippen LogP contribution in [-0.2, 0) is 9.53 Å². The number of hydrogen-bond donors (Lipinski definition) is 0. The van der Waals surface area contributed by atoms with E-state index in [0.29, 0.717) is 4.88 Å². The minimum atomic E-state index is -0.735. The van der Waals surface area contributed by atoms with Crippen molar-refractivity contribution < 1.29 is 23.5 Å². The summed E-state index contributed by atoms with van der Waals surface area (Å²) in [6.45, 7) is 0.199. The molecule has 1 amide bonds. The monoisotopic (exact) mass is 349 g/mol. The van der Waals surface area contributed by atoms with Crippen molar-refractivity contribution in [3.63, 3.8) is 0 Å². The first-order chi connectivity index (χ1) is 11.6. The van der Waals surface area contributed by atoms with E-state index in [1.807, 2.05) is 0 Å². The lowest BCUT2D eigenvalue weighted by atomic mass is 10.2. The third kappa shape index (κ3) is 3.26. The maximum absolute atomic E-state index is 13.7. The number of carbonyl (C=O) groups is 2. The Morgan fingerprint density at radius 1 is 1.25 bits per heavy atom. The van der Waals surface area contributed by atoms with E-state index >= 15 is 0 Å². The van der Waals surface area contributed by atoms with Gasteiger partial charge in [0.25, 0.3) is 5.91 Å². The average Bonchev–Trinajstić information content (AvgIpc) is 3.25. The van der Waals surface area contributed by atoms with Gasteiger partial charge in [-0.25, -0.2) is 9.18 Å². The number of carbonyl (C=O) groups excluding carboxylic acids is 2. The zero-order valence-corrected chi connectivity index (χ0v) is 13.8. The number of likely N-dealkylation sites (tertiary alicyclic amines) is 1. The largest absolute Gasteiger partial charge is 0.485 e. The van der Waals surface area contributed by atoms with Gasteiger partial charge in [0, 0.05) is 6.42 Å². The Bertz CT molecular complexity index is 734. The normalized spacial score (nSPS) is 20.0. The van der Waals surface area contributed by atoms with Crippen molar-refractivity contribution in [1.82, 2.24) is 4.90 Å². The summed E-state index contributed by atoms with van der Waals surface area (Å²) in [5, 5.41) is 1.80. The second-order valence-corrected chi connectivity index (χ2v) is 6.33. The van der Waals surface area contributed by atoms with E-state index in [0.717, 1.165) is 0 Å². The number of para-hydroxylation sites is 1. The van der Waals surface area contributed by atoms with Gasteiger partial charge >= 0.3 is 5.97 Å². The summed E-state index contributed by atoms with van der Waals surface area (Å²) in [5.74, 6) is -1.12. The molecular weight excluding hydrogens is 333 g/mol. The zero-order valence-electron chi connectivity index (χ0n) is 13.0. The quantitative estimate of drug-likeness (QED) is 0.797. The highest BCUT2D eigenvalue weighted by molar-refractivity contribution is 7.12. The first-order valence-corrected chi connectivity index (χ1v) is 8.31. The van der Waals surface area contributed by atoms with E-state index in [1.165, 1.54) is 35.5 Å². The Labute approximate surface area is 142 Å². The van der Waals surface area contributed by atoms with Crippen LogP contribution in [0.25, 0.3) is 0 Å². The Balaban J connectivity index is 1.79. The summed E-state index contributed by atoms with van der Waals surface area (Å²) in [7, 11) is 1.28. The molecule has 1 aliphatic rings. The van der Waals surface area contributed by atoms with Crippen LogP contribution in [-0.4, -0.2) is 42.6 Å². The molecular formula is C17H16FNO4S. The molecule has 1 aromatic heterocycles. The maximum Gasteiger partial charge on any atom is 0.328 e. The number of ether oxygens (including phenoxy) is 2. The molecule has 0 saturated carbocycles. The van der Waals surface area contributed by atoms with Gasteiger partial charge in [-0.1, -0.05) is 18.2 Å². The number of methoxy groups -OCH3 is 1. The van der Waals surface area contributed by atoms with Gasteiger partial charge in [-0.05, 0) is 23.6 Å². The van der Waals surface area contributed by atoms with Gasteiger partial charge in [-0.15, -0.1) is 11.3 Å². The lowest BCUT2D eigenvalue weighted by Gasteiger charge is -2.21. The van der Waals surface area contributed by atoms with Crippen LogP contribution in [0.15, 0.2) is 41.8 Å². The summed E-state index contributed by atoms with van der Waals surface area (Å²) in [5.41, 5.74) is 0. The van der Waals surface area contributed by atoms with Gasteiger partial charge in [-0.3, -0.25) is 4.79 Å². The second-order valence-electron chi connectivity index (χ2n) is 5.38. The van der Waals surface area contributed by atoms with Gasteiger partial charge < -0.3 is 14.4 Å². The van der Waals surface area contributed by atoms with Crippen molar-refractivity contribution in [2.75, 3.05) is 13.7 Å². The second kappa shape index (κ2) is 7.00. The lowest BCUT2D eigenvalue weighted by molar-refractivity contribution is -0.145. The van der Waals surface area contributed by atoms with Crippen molar-refractivity contribution >= 4 is 23.2 Å². The van der Waals surface area contributed by atoms with Crippen LogP contribution in [0.4, 0.5) is 4.39 Å². The van der Waals surface area contributed by atoms with Crippen LogP contribution >= 0.6 is 11.3 Å². The van der Waals surface area contributed by atoms with Crippen molar-refractivity contribution in [2.24, 2.45) is 0 Å². The molecule has 2 aromatic rings. The highest BCUT2D eigenvalue weighted by Gasteiger charge is 2.42. The Hall–Kier alpha value is -2.41. The minimum absolute atomic E-state index is 0.108. The SMILES string of the molecule is COC(=O)C1CC(Oc2ccccc2F)CN1C(=O)c1cccs1. The third-order valence-electron chi connectivity index (χ3n) is 3.86. The molecule has 7 heteroatoms. The molecule has 2 unspecified atom stereocenters. The molecule has 5 nitrogen and oxygen atoms in total. The predicted octanol–water partition coefficient (Wildman–Crippen LogP) is 2.72. The van der Waals surface area contributed by atoms with Gasteiger partial charge in [0.2, 0.25) is 0 Å². The highest BCUT2D eigenvalue weighted by atomic mass is 32.1. The lowest BCUT2D eigenvalue weighted by Crippen LogP contribution is -2.41. The molecule has 1 saturated heterocycles. The van der Waals surface area contributed by atoms with Crippen LogP contribution in [0.3, 0.4) is 0 Å². The van der Waals surface area contributed by atoms with Crippen LogP contribution in [0.1, 0.15) is 16.1 Å². The maximum atomic E-state index is 13.7. The highest BCUT2D eigenvalue weighted by Crippen LogP contribution is 2.27. The van der Waals surface area contributed by atoms with Crippen molar-refractivity contribution in [2.45, 2.75) is 18.6 Å². The molecule has 2 atom stereocenters. The van der Waals surface area contributed by atoms with E-state index in [9.17, 15) is 14.0 Å². The molecule has 1 aromatic carbocycles. The molecule has 1 fully saturated rings. The standard InChI is InChI=1S/C17H16FNO4S/c1-22-17(21)13-9-11(23-14-6-3-2-5-12(14)18)10-19(13)16(20)15-7-4-8-24-15/h2-8,11,13H,9-10H2,1H3. The Morgan fingerprint density at radius 3 is 2.71 bits per heavy atom. The Morgan fingerprint density at radius 2 is 2.04 bits per heavy atom. The number of halogens is 1. The number of nitrogens with zero attached hydrogens (tertiary/aromatic N) is 1.